The second-order valence-electron chi connectivity index (χ2n) is 5.90. The summed E-state index contributed by atoms with van der Waals surface area (Å²) < 4.78 is 23.4. The second-order valence-corrected chi connectivity index (χ2v) is 9.18. The third-order valence-corrected chi connectivity index (χ3v) is 7.30. The number of likely N-dealkylation sites (tertiary alicyclic amines) is 1. The number of nitrogens with zero attached hydrogens (tertiary/aromatic N) is 3. The van der Waals surface area contributed by atoms with Crippen molar-refractivity contribution in [3.63, 3.8) is 0 Å². The quantitative estimate of drug-likeness (QED) is 0.612. The Labute approximate surface area is 134 Å². The van der Waals surface area contributed by atoms with Crippen molar-refractivity contribution in [1.29, 1.82) is 0 Å². The predicted molar refractivity (Wildman–Crippen MR) is 87.6 cm³/mol. The monoisotopic (exact) mass is 347 g/mol. The van der Waals surface area contributed by atoms with Gasteiger partial charge in [-0.2, -0.15) is 0 Å². The first-order valence-corrected chi connectivity index (χ1v) is 9.73. The smallest absolute Gasteiger partial charge is 0.305 e. The molecule has 1 fully saturated rings. The Morgan fingerprint density at radius 3 is 2.64 bits per heavy atom. The number of hydrogen-bond acceptors (Lipinski definition) is 7. The van der Waals surface area contributed by atoms with Gasteiger partial charge in [0, 0.05) is 38.0 Å². The molecule has 0 aliphatic carbocycles. The van der Waals surface area contributed by atoms with Crippen LogP contribution in [0.5, 0.6) is 0 Å². The SMILES string of the molecule is C[C@@H]1C[C@H](N(C)c2sc(S(C)(=O)=O)cc2[N+](=O)[O-])CCN1C. The molecule has 0 N–H and O–H groups in total. The number of sulfone groups is 1. The fraction of sp³-hybridized carbons (Fsp3) is 0.692. The second kappa shape index (κ2) is 6.13. The Bertz CT molecular complexity index is 671. The van der Waals surface area contributed by atoms with Gasteiger partial charge in [-0.25, -0.2) is 8.42 Å². The molecule has 0 amide bonds. The van der Waals surface area contributed by atoms with Gasteiger partial charge < -0.3 is 9.80 Å². The number of rotatable bonds is 4. The highest BCUT2D eigenvalue weighted by Crippen LogP contribution is 2.41. The normalized spacial score (nSPS) is 23.5. The summed E-state index contributed by atoms with van der Waals surface area (Å²) in [5.41, 5.74) is -0.125. The maximum absolute atomic E-state index is 11.7. The molecule has 1 aromatic rings. The highest BCUT2D eigenvalue weighted by atomic mass is 32.2. The molecule has 2 atom stereocenters. The zero-order valence-electron chi connectivity index (χ0n) is 13.1. The zero-order chi connectivity index (χ0) is 16.7. The largest absolute Gasteiger partial charge is 0.358 e. The van der Waals surface area contributed by atoms with E-state index in [4.69, 9.17) is 0 Å². The van der Waals surface area contributed by atoms with Crippen LogP contribution in [0.2, 0.25) is 0 Å². The van der Waals surface area contributed by atoms with Crippen molar-refractivity contribution >= 4 is 31.9 Å². The van der Waals surface area contributed by atoms with Crippen LogP contribution in [0.3, 0.4) is 0 Å². The molecule has 1 aliphatic heterocycles. The number of piperidine rings is 1. The van der Waals surface area contributed by atoms with Crippen LogP contribution in [0, 0.1) is 10.1 Å². The number of thiophene rings is 1. The van der Waals surface area contributed by atoms with E-state index < -0.39 is 14.8 Å². The van der Waals surface area contributed by atoms with Crippen molar-refractivity contribution < 1.29 is 13.3 Å². The van der Waals surface area contributed by atoms with Crippen molar-refractivity contribution in [2.45, 2.75) is 36.1 Å². The van der Waals surface area contributed by atoms with Crippen molar-refractivity contribution in [2.24, 2.45) is 0 Å². The molecule has 2 rings (SSSR count). The summed E-state index contributed by atoms with van der Waals surface area (Å²) in [6.07, 6.45) is 2.88. The molecule has 1 saturated heterocycles. The maximum Gasteiger partial charge on any atom is 0.305 e. The molecule has 1 aliphatic rings. The van der Waals surface area contributed by atoms with Crippen molar-refractivity contribution in [2.75, 3.05) is 31.8 Å². The molecular weight excluding hydrogens is 326 g/mol. The lowest BCUT2D eigenvalue weighted by Gasteiger charge is -2.39. The fourth-order valence-corrected chi connectivity index (χ4v) is 4.76. The average Bonchev–Trinajstić information content (AvgIpc) is 2.86. The molecule has 124 valence electrons. The molecule has 0 bridgehead atoms. The van der Waals surface area contributed by atoms with E-state index in [2.05, 4.69) is 18.9 Å². The molecular formula is C13H21N3O4S2. The lowest BCUT2D eigenvalue weighted by Crippen LogP contribution is -2.46. The minimum absolute atomic E-state index is 0.0435. The standard InChI is InChI=1S/C13H21N3O4S2/c1-9-7-10(5-6-14(9)2)15(3)13-11(16(17)18)8-12(21-13)22(4,19)20/h8-10H,5-7H2,1-4H3/t9-,10-/m1/s1. The third-order valence-electron chi connectivity index (χ3n) is 4.28. The van der Waals surface area contributed by atoms with Gasteiger partial charge in [-0.3, -0.25) is 10.1 Å². The van der Waals surface area contributed by atoms with Gasteiger partial charge in [0.15, 0.2) is 14.8 Å². The molecule has 22 heavy (non-hydrogen) atoms. The third kappa shape index (κ3) is 3.41. The molecule has 2 heterocycles. The molecule has 0 radical (unpaired) electrons. The van der Waals surface area contributed by atoms with E-state index in [1.54, 1.807) is 0 Å². The number of hydrogen-bond donors (Lipinski definition) is 0. The maximum atomic E-state index is 11.7. The van der Waals surface area contributed by atoms with Crippen LogP contribution in [0.15, 0.2) is 10.3 Å². The Kier molecular flexibility index (Phi) is 4.78. The highest BCUT2D eigenvalue weighted by Gasteiger charge is 2.32. The summed E-state index contributed by atoms with van der Waals surface area (Å²) in [4.78, 5) is 14.9. The molecule has 0 aromatic carbocycles. The number of anilines is 1. The van der Waals surface area contributed by atoms with E-state index in [0.717, 1.165) is 37.0 Å². The van der Waals surface area contributed by atoms with Crippen LogP contribution in [0.4, 0.5) is 10.7 Å². The van der Waals surface area contributed by atoms with Gasteiger partial charge in [0.2, 0.25) is 0 Å². The van der Waals surface area contributed by atoms with Crippen molar-refractivity contribution in [3.8, 4) is 0 Å². The Balaban J connectivity index is 2.34. The Morgan fingerprint density at radius 2 is 2.14 bits per heavy atom. The highest BCUT2D eigenvalue weighted by molar-refractivity contribution is 7.92. The molecule has 0 spiro atoms. The summed E-state index contributed by atoms with van der Waals surface area (Å²) in [5, 5.41) is 11.7. The fourth-order valence-electron chi connectivity index (χ4n) is 2.70. The average molecular weight is 347 g/mol. The lowest BCUT2D eigenvalue weighted by molar-refractivity contribution is -0.383. The van der Waals surface area contributed by atoms with Gasteiger partial charge >= 0.3 is 5.69 Å². The molecule has 0 saturated carbocycles. The van der Waals surface area contributed by atoms with E-state index in [0.29, 0.717) is 11.0 Å². The molecule has 0 unspecified atom stereocenters. The van der Waals surface area contributed by atoms with Crippen molar-refractivity contribution in [1.82, 2.24) is 4.90 Å². The zero-order valence-corrected chi connectivity index (χ0v) is 14.8. The van der Waals surface area contributed by atoms with E-state index >= 15 is 0 Å². The molecule has 1 aromatic heterocycles. The predicted octanol–water partition coefficient (Wildman–Crippen LogP) is 1.98. The van der Waals surface area contributed by atoms with E-state index in [9.17, 15) is 18.5 Å². The van der Waals surface area contributed by atoms with Crippen LogP contribution >= 0.6 is 11.3 Å². The summed E-state index contributed by atoms with van der Waals surface area (Å²) in [6, 6.07) is 1.75. The number of nitro groups is 1. The Morgan fingerprint density at radius 1 is 1.50 bits per heavy atom. The van der Waals surface area contributed by atoms with Crippen LogP contribution in [-0.4, -0.2) is 57.2 Å². The van der Waals surface area contributed by atoms with Gasteiger partial charge in [0.1, 0.15) is 4.21 Å². The Hall–Kier alpha value is -1.19. The first-order chi connectivity index (χ1) is 10.1. The minimum Gasteiger partial charge on any atom is -0.358 e. The van der Waals surface area contributed by atoms with Crippen LogP contribution in [0.1, 0.15) is 19.8 Å². The van der Waals surface area contributed by atoms with Crippen molar-refractivity contribution in [3.05, 3.63) is 16.2 Å². The van der Waals surface area contributed by atoms with Gasteiger partial charge in [0.25, 0.3) is 0 Å². The van der Waals surface area contributed by atoms with Gasteiger partial charge in [-0.1, -0.05) is 11.3 Å². The summed E-state index contributed by atoms with van der Waals surface area (Å²) in [5.74, 6) is 0. The molecule has 7 nitrogen and oxygen atoms in total. The summed E-state index contributed by atoms with van der Waals surface area (Å²) in [6.45, 7) is 3.05. The van der Waals surface area contributed by atoms with Gasteiger partial charge in [-0.15, -0.1) is 0 Å². The summed E-state index contributed by atoms with van der Waals surface area (Å²) >= 11 is 0.981. The minimum atomic E-state index is -3.44. The lowest BCUT2D eigenvalue weighted by atomic mass is 9.98. The topological polar surface area (TPSA) is 83.8 Å². The van der Waals surface area contributed by atoms with E-state index in [-0.39, 0.29) is 15.9 Å². The van der Waals surface area contributed by atoms with E-state index in [1.807, 2.05) is 11.9 Å². The first-order valence-electron chi connectivity index (χ1n) is 7.02. The van der Waals surface area contributed by atoms with Crippen LogP contribution in [-0.2, 0) is 9.84 Å². The van der Waals surface area contributed by atoms with E-state index in [1.165, 1.54) is 6.07 Å². The van der Waals surface area contributed by atoms with Crippen LogP contribution in [0.25, 0.3) is 0 Å². The van der Waals surface area contributed by atoms with Crippen LogP contribution < -0.4 is 4.90 Å². The van der Waals surface area contributed by atoms with Gasteiger partial charge in [0.05, 0.1) is 4.92 Å². The first kappa shape index (κ1) is 17.2. The van der Waals surface area contributed by atoms with Gasteiger partial charge in [-0.05, 0) is 26.8 Å². The summed E-state index contributed by atoms with van der Waals surface area (Å²) in [7, 11) is 0.436. The molecule has 9 heteroatoms.